The molecule has 0 saturated carbocycles. The van der Waals surface area contributed by atoms with Crippen LogP contribution in [0.15, 0.2) is 64.9 Å². The highest BCUT2D eigenvalue weighted by molar-refractivity contribution is 5.65. The van der Waals surface area contributed by atoms with Crippen LogP contribution in [0.4, 0.5) is 0 Å². The number of hydrogen-bond acceptors (Lipinski definition) is 3. The van der Waals surface area contributed by atoms with Gasteiger partial charge in [-0.05, 0) is 39.3 Å². The fourth-order valence-corrected chi connectivity index (χ4v) is 2.73. The van der Waals surface area contributed by atoms with Crippen molar-refractivity contribution >= 4 is 5.70 Å². The molecule has 2 aromatic carbocycles. The van der Waals surface area contributed by atoms with Crippen molar-refractivity contribution < 1.29 is 0 Å². The second-order valence-corrected chi connectivity index (χ2v) is 6.44. The number of aryl methyl sites for hydroxylation is 2. The number of hydrogen-bond donors (Lipinski definition) is 0. The van der Waals surface area contributed by atoms with E-state index in [2.05, 4.69) is 97.6 Å². The van der Waals surface area contributed by atoms with Gasteiger partial charge in [0.25, 0.3) is 0 Å². The Bertz CT molecular complexity index is 724. The van der Waals surface area contributed by atoms with E-state index in [1.807, 2.05) is 0 Å². The van der Waals surface area contributed by atoms with E-state index in [0.29, 0.717) is 6.04 Å². The van der Waals surface area contributed by atoms with E-state index in [9.17, 15) is 0 Å². The van der Waals surface area contributed by atoms with Crippen LogP contribution in [0.25, 0.3) is 5.70 Å². The molecule has 2 aromatic rings. The van der Waals surface area contributed by atoms with Crippen LogP contribution in [-0.2, 0) is 0 Å². The van der Waals surface area contributed by atoms with Gasteiger partial charge in [0, 0.05) is 11.6 Å². The summed E-state index contributed by atoms with van der Waals surface area (Å²) in [5.74, 6) is 0. The first-order valence-corrected chi connectivity index (χ1v) is 8.10. The Hall–Kier alpha value is -2.42. The lowest BCUT2D eigenvalue weighted by atomic mass is 10.00. The van der Waals surface area contributed by atoms with Crippen LogP contribution >= 0.6 is 0 Å². The van der Waals surface area contributed by atoms with E-state index in [0.717, 1.165) is 11.3 Å². The Balaban J connectivity index is 1.99. The maximum Gasteiger partial charge on any atom is 0.0945 e. The third kappa shape index (κ3) is 3.34. The van der Waals surface area contributed by atoms with Crippen LogP contribution in [0.1, 0.15) is 42.1 Å². The summed E-state index contributed by atoms with van der Waals surface area (Å²) < 4.78 is 0. The topological polar surface area (TPSA) is 28.0 Å². The summed E-state index contributed by atoms with van der Waals surface area (Å²) >= 11 is 0. The lowest BCUT2D eigenvalue weighted by Gasteiger charge is -2.32. The molecule has 3 nitrogen and oxygen atoms in total. The molecule has 1 unspecified atom stereocenters. The third-order valence-electron chi connectivity index (χ3n) is 4.15. The number of rotatable bonds is 3. The molecule has 0 amide bonds. The molecule has 3 heteroatoms. The van der Waals surface area contributed by atoms with Crippen LogP contribution in [0.3, 0.4) is 0 Å². The molecule has 0 saturated heterocycles. The summed E-state index contributed by atoms with van der Waals surface area (Å²) in [4.78, 5) is 0. The van der Waals surface area contributed by atoms with E-state index >= 15 is 0 Å². The van der Waals surface area contributed by atoms with E-state index in [-0.39, 0.29) is 6.04 Å². The summed E-state index contributed by atoms with van der Waals surface area (Å²) in [5, 5.41) is 11.0. The highest BCUT2D eigenvalue weighted by Gasteiger charge is 2.24. The van der Waals surface area contributed by atoms with Crippen molar-refractivity contribution in [2.45, 2.75) is 39.8 Å². The molecule has 23 heavy (non-hydrogen) atoms. The molecule has 3 rings (SSSR count). The van der Waals surface area contributed by atoms with Crippen molar-refractivity contribution in [3.8, 4) is 0 Å². The van der Waals surface area contributed by atoms with Crippen molar-refractivity contribution in [2.75, 3.05) is 0 Å². The van der Waals surface area contributed by atoms with Gasteiger partial charge in [0.1, 0.15) is 0 Å². The van der Waals surface area contributed by atoms with Crippen molar-refractivity contribution in [1.82, 2.24) is 5.01 Å². The zero-order chi connectivity index (χ0) is 16.4. The lowest BCUT2D eigenvalue weighted by Crippen LogP contribution is -2.30. The van der Waals surface area contributed by atoms with E-state index in [4.69, 9.17) is 0 Å². The molecule has 1 atom stereocenters. The van der Waals surface area contributed by atoms with Crippen molar-refractivity contribution in [1.29, 1.82) is 0 Å². The van der Waals surface area contributed by atoms with Crippen LogP contribution < -0.4 is 0 Å². The maximum absolute atomic E-state index is 4.48. The second-order valence-electron chi connectivity index (χ2n) is 6.44. The lowest BCUT2D eigenvalue weighted by molar-refractivity contribution is 0.172. The molecule has 0 N–H and O–H groups in total. The van der Waals surface area contributed by atoms with Crippen LogP contribution in [0.2, 0.25) is 0 Å². The van der Waals surface area contributed by atoms with Gasteiger partial charge in [0.2, 0.25) is 0 Å². The minimum absolute atomic E-state index is 0.115. The van der Waals surface area contributed by atoms with Gasteiger partial charge in [0.15, 0.2) is 0 Å². The van der Waals surface area contributed by atoms with E-state index in [1.54, 1.807) is 0 Å². The third-order valence-corrected chi connectivity index (χ3v) is 4.15. The smallest absolute Gasteiger partial charge is 0.0945 e. The molecule has 0 bridgehead atoms. The fourth-order valence-electron chi connectivity index (χ4n) is 2.73. The molecule has 0 aromatic heterocycles. The average molecular weight is 305 g/mol. The van der Waals surface area contributed by atoms with Gasteiger partial charge < -0.3 is 0 Å². The SMILES string of the molecule is Cc1ccc(C2=CC(c3ccc(C)cc3)N(C(C)C)N=N2)cc1. The number of nitrogens with zero attached hydrogens (tertiary/aromatic N) is 3. The van der Waals surface area contributed by atoms with Crippen molar-refractivity contribution in [2.24, 2.45) is 10.3 Å². The average Bonchev–Trinajstić information content (AvgIpc) is 2.55. The van der Waals surface area contributed by atoms with Crippen molar-refractivity contribution in [3.63, 3.8) is 0 Å². The second kappa shape index (κ2) is 6.37. The first-order chi connectivity index (χ1) is 11.0. The Morgan fingerprint density at radius 1 is 0.870 bits per heavy atom. The molecule has 1 aliphatic rings. The molecule has 1 heterocycles. The molecule has 1 aliphatic heterocycles. The van der Waals surface area contributed by atoms with Gasteiger partial charge in [-0.3, -0.25) is 5.01 Å². The summed E-state index contributed by atoms with van der Waals surface area (Å²) in [7, 11) is 0. The van der Waals surface area contributed by atoms with E-state index < -0.39 is 0 Å². The van der Waals surface area contributed by atoms with Crippen LogP contribution in [-0.4, -0.2) is 11.1 Å². The normalized spacial score (nSPS) is 17.5. The molecular formula is C20H23N3. The molecule has 0 aliphatic carbocycles. The molecule has 0 fully saturated rings. The maximum atomic E-state index is 4.48. The standard InChI is InChI=1S/C20H23N3/c1-14(2)23-20(18-11-7-16(4)8-12-18)13-19(21-22-23)17-9-5-15(3)6-10-17/h5-14,20H,1-4H3. The van der Waals surface area contributed by atoms with Gasteiger partial charge in [-0.1, -0.05) is 64.9 Å². The fraction of sp³-hybridized carbons (Fsp3) is 0.300. The summed E-state index contributed by atoms with van der Waals surface area (Å²) in [6.45, 7) is 8.49. The molecular weight excluding hydrogens is 282 g/mol. The van der Waals surface area contributed by atoms with Crippen LogP contribution in [0.5, 0.6) is 0 Å². The predicted molar refractivity (Wildman–Crippen MR) is 94.9 cm³/mol. The van der Waals surface area contributed by atoms with Gasteiger partial charge in [-0.15, -0.1) is 5.11 Å². The quantitative estimate of drug-likeness (QED) is 0.738. The Kier molecular flexibility index (Phi) is 4.28. The summed E-state index contributed by atoms with van der Waals surface area (Å²) in [6, 6.07) is 17.5. The monoisotopic (exact) mass is 305 g/mol. The zero-order valence-corrected chi connectivity index (χ0v) is 14.2. The van der Waals surface area contributed by atoms with Crippen LogP contribution in [0, 0.1) is 13.8 Å². The molecule has 0 spiro atoms. The highest BCUT2D eigenvalue weighted by Crippen LogP contribution is 2.33. The van der Waals surface area contributed by atoms with Gasteiger partial charge in [-0.25, -0.2) is 0 Å². The van der Waals surface area contributed by atoms with E-state index in [1.165, 1.54) is 16.7 Å². The minimum atomic E-state index is 0.115. The predicted octanol–water partition coefficient (Wildman–Crippen LogP) is 5.48. The largest absolute Gasteiger partial charge is 0.265 e. The van der Waals surface area contributed by atoms with Gasteiger partial charge in [0.05, 0.1) is 11.7 Å². The molecule has 0 radical (unpaired) electrons. The minimum Gasteiger partial charge on any atom is -0.265 e. The first-order valence-electron chi connectivity index (χ1n) is 8.10. The van der Waals surface area contributed by atoms with Gasteiger partial charge >= 0.3 is 0 Å². The Morgan fingerprint density at radius 3 is 2.00 bits per heavy atom. The summed E-state index contributed by atoms with van der Waals surface area (Å²) in [5.41, 5.74) is 5.81. The summed E-state index contributed by atoms with van der Waals surface area (Å²) in [6.07, 6.45) is 2.21. The first kappa shape index (κ1) is 15.5. The Morgan fingerprint density at radius 2 is 1.43 bits per heavy atom. The highest BCUT2D eigenvalue weighted by atomic mass is 15.6. The Labute approximate surface area is 138 Å². The van der Waals surface area contributed by atoms with Gasteiger partial charge in [-0.2, -0.15) is 0 Å². The number of benzene rings is 2. The molecule has 118 valence electrons. The van der Waals surface area contributed by atoms with Crippen molar-refractivity contribution in [3.05, 3.63) is 76.9 Å². The zero-order valence-electron chi connectivity index (χ0n) is 14.2.